The molecule has 0 aromatic carbocycles. The first kappa shape index (κ1) is 20.5. The first-order valence-electron chi connectivity index (χ1n) is 11.5. The summed E-state index contributed by atoms with van der Waals surface area (Å²) in [6.45, 7) is 11.7. The number of morpholine rings is 1. The van der Waals surface area contributed by atoms with Crippen LogP contribution in [-0.2, 0) is 9.53 Å². The zero-order valence-electron chi connectivity index (χ0n) is 18.1. The fourth-order valence-electron chi connectivity index (χ4n) is 4.96. The predicted octanol–water partition coefficient (Wildman–Crippen LogP) is 3.03. The van der Waals surface area contributed by atoms with E-state index in [4.69, 9.17) is 9.72 Å². The van der Waals surface area contributed by atoms with Crippen molar-refractivity contribution in [3.05, 3.63) is 18.2 Å². The monoisotopic (exact) mass is 400 g/mol. The molecule has 3 aliphatic heterocycles. The molecule has 0 bridgehead atoms. The van der Waals surface area contributed by atoms with Crippen LogP contribution in [0.3, 0.4) is 0 Å². The lowest BCUT2D eigenvalue weighted by atomic mass is 9.86. The van der Waals surface area contributed by atoms with Gasteiger partial charge in [0.05, 0.1) is 13.2 Å². The molecule has 3 fully saturated rings. The maximum absolute atomic E-state index is 13.0. The smallest absolute Gasteiger partial charge is 0.225 e. The van der Waals surface area contributed by atoms with Crippen molar-refractivity contribution in [2.24, 2.45) is 17.8 Å². The van der Waals surface area contributed by atoms with Crippen LogP contribution >= 0.6 is 0 Å². The Morgan fingerprint density at radius 3 is 2.10 bits per heavy atom. The number of rotatable bonds is 4. The van der Waals surface area contributed by atoms with Gasteiger partial charge in [-0.15, -0.1) is 0 Å². The Labute approximate surface area is 175 Å². The highest BCUT2D eigenvalue weighted by atomic mass is 16.5. The van der Waals surface area contributed by atoms with Gasteiger partial charge in [0.2, 0.25) is 5.91 Å². The molecule has 4 rings (SSSR count). The van der Waals surface area contributed by atoms with Crippen molar-refractivity contribution in [3.63, 3.8) is 0 Å². The minimum Gasteiger partial charge on any atom is -0.378 e. The molecule has 1 aromatic rings. The molecule has 1 amide bonds. The van der Waals surface area contributed by atoms with E-state index in [9.17, 15) is 4.79 Å². The maximum Gasteiger partial charge on any atom is 0.225 e. The molecule has 4 heterocycles. The summed E-state index contributed by atoms with van der Waals surface area (Å²) in [5.74, 6) is 4.17. The third kappa shape index (κ3) is 4.85. The van der Waals surface area contributed by atoms with E-state index in [0.717, 1.165) is 88.8 Å². The third-order valence-electron chi connectivity index (χ3n) is 7.02. The highest BCUT2D eigenvalue weighted by Gasteiger charge is 2.31. The summed E-state index contributed by atoms with van der Waals surface area (Å²) in [5.41, 5.74) is 0. The van der Waals surface area contributed by atoms with E-state index < -0.39 is 0 Å². The maximum atomic E-state index is 13.0. The molecule has 0 atom stereocenters. The molecule has 1 aromatic heterocycles. The molecule has 0 radical (unpaired) electrons. The number of carbonyl (C=O) groups is 1. The standard InChI is InChI=1S/C23H36N4O2/c1-18(2)19-6-12-27(13-7-19)23(28)20-8-10-25(11-9-20)21-4-3-5-22(24-21)26-14-16-29-17-15-26/h3-5,18-20H,6-17H2,1-2H3. The predicted molar refractivity (Wildman–Crippen MR) is 116 cm³/mol. The van der Waals surface area contributed by atoms with E-state index >= 15 is 0 Å². The van der Waals surface area contributed by atoms with E-state index in [1.807, 2.05) is 0 Å². The summed E-state index contributed by atoms with van der Waals surface area (Å²) in [4.78, 5) is 24.7. The van der Waals surface area contributed by atoms with Crippen LogP contribution in [-0.4, -0.2) is 68.3 Å². The summed E-state index contributed by atoms with van der Waals surface area (Å²) in [5, 5.41) is 0. The molecular weight excluding hydrogens is 364 g/mol. The average molecular weight is 401 g/mol. The highest BCUT2D eigenvalue weighted by Crippen LogP contribution is 2.29. The van der Waals surface area contributed by atoms with Crippen molar-refractivity contribution in [2.75, 3.05) is 62.3 Å². The van der Waals surface area contributed by atoms with Crippen molar-refractivity contribution in [1.82, 2.24) is 9.88 Å². The first-order chi connectivity index (χ1) is 14.1. The molecule has 160 valence electrons. The van der Waals surface area contributed by atoms with Crippen molar-refractivity contribution >= 4 is 17.5 Å². The van der Waals surface area contributed by atoms with Crippen molar-refractivity contribution in [3.8, 4) is 0 Å². The van der Waals surface area contributed by atoms with Crippen LogP contribution in [0, 0.1) is 17.8 Å². The number of carbonyl (C=O) groups excluding carboxylic acids is 1. The highest BCUT2D eigenvalue weighted by molar-refractivity contribution is 5.79. The van der Waals surface area contributed by atoms with E-state index in [-0.39, 0.29) is 5.92 Å². The van der Waals surface area contributed by atoms with Gasteiger partial charge in [-0.1, -0.05) is 19.9 Å². The average Bonchev–Trinajstić information content (AvgIpc) is 2.79. The number of hydrogen-bond donors (Lipinski definition) is 0. The van der Waals surface area contributed by atoms with Gasteiger partial charge in [0.1, 0.15) is 11.6 Å². The van der Waals surface area contributed by atoms with E-state index in [1.54, 1.807) is 0 Å². The van der Waals surface area contributed by atoms with Crippen LogP contribution in [0.2, 0.25) is 0 Å². The van der Waals surface area contributed by atoms with Crippen LogP contribution in [0.5, 0.6) is 0 Å². The summed E-state index contributed by atoms with van der Waals surface area (Å²) >= 11 is 0. The second-order valence-electron chi connectivity index (χ2n) is 9.12. The van der Waals surface area contributed by atoms with Crippen LogP contribution in [0.1, 0.15) is 39.5 Å². The Morgan fingerprint density at radius 1 is 0.931 bits per heavy atom. The molecular formula is C23H36N4O2. The Kier molecular flexibility index (Phi) is 6.58. The molecule has 3 saturated heterocycles. The summed E-state index contributed by atoms with van der Waals surface area (Å²) < 4.78 is 5.45. The number of ether oxygens (including phenoxy) is 1. The number of piperidine rings is 2. The molecule has 0 aliphatic carbocycles. The SMILES string of the molecule is CC(C)C1CCN(C(=O)C2CCN(c3cccc(N4CCOCC4)n3)CC2)CC1. The summed E-state index contributed by atoms with van der Waals surface area (Å²) in [6, 6.07) is 6.29. The fraction of sp³-hybridized carbons (Fsp3) is 0.739. The fourth-order valence-corrected chi connectivity index (χ4v) is 4.96. The lowest BCUT2D eigenvalue weighted by molar-refractivity contribution is -0.137. The molecule has 0 spiro atoms. The van der Waals surface area contributed by atoms with Gasteiger partial charge in [0, 0.05) is 45.2 Å². The topological polar surface area (TPSA) is 48.9 Å². The molecule has 0 N–H and O–H groups in total. The molecule has 6 heteroatoms. The summed E-state index contributed by atoms with van der Waals surface area (Å²) in [7, 11) is 0. The van der Waals surface area contributed by atoms with Gasteiger partial charge in [-0.05, 0) is 49.7 Å². The van der Waals surface area contributed by atoms with Gasteiger partial charge in [-0.25, -0.2) is 4.98 Å². The van der Waals surface area contributed by atoms with Gasteiger partial charge in [0.15, 0.2) is 0 Å². The van der Waals surface area contributed by atoms with Crippen LogP contribution in [0.4, 0.5) is 11.6 Å². The number of amides is 1. The minimum atomic E-state index is 0.185. The Bertz CT molecular complexity index is 673. The van der Waals surface area contributed by atoms with Crippen molar-refractivity contribution in [1.29, 1.82) is 0 Å². The molecule has 29 heavy (non-hydrogen) atoms. The number of nitrogens with zero attached hydrogens (tertiary/aromatic N) is 4. The summed E-state index contributed by atoms with van der Waals surface area (Å²) in [6.07, 6.45) is 4.21. The number of anilines is 2. The van der Waals surface area contributed by atoms with Crippen LogP contribution in [0.25, 0.3) is 0 Å². The zero-order valence-corrected chi connectivity index (χ0v) is 18.1. The lowest BCUT2D eigenvalue weighted by Crippen LogP contribution is -2.46. The van der Waals surface area contributed by atoms with Crippen LogP contribution in [0.15, 0.2) is 18.2 Å². The molecule has 6 nitrogen and oxygen atoms in total. The van der Waals surface area contributed by atoms with Crippen molar-refractivity contribution in [2.45, 2.75) is 39.5 Å². The van der Waals surface area contributed by atoms with Crippen LogP contribution < -0.4 is 9.80 Å². The number of pyridine rings is 1. The Morgan fingerprint density at radius 2 is 1.52 bits per heavy atom. The second-order valence-corrected chi connectivity index (χ2v) is 9.12. The zero-order chi connectivity index (χ0) is 20.2. The second kappa shape index (κ2) is 9.33. The van der Waals surface area contributed by atoms with Gasteiger partial charge < -0.3 is 19.4 Å². The van der Waals surface area contributed by atoms with Gasteiger partial charge in [0.25, 0.3) is 0 Å². The quantitative estimate of drug-likeness (QED) is 0.778. The lowest BCUT2D eigenvalue weighted by Gasteiger charge is -2.38. The molecule has 0 unspecified atom stereocenters. The van der Waals surface area contributed by atoms with Crippen molar-refractivity contribution < 1.29 is 9.53 Å². The minimum absolute atomic E-state index is 0.185. The number of aromatic nitrogens is 1. The normalized spacial score (nSPS) is 22.4. The number of likely N-dealkylation sites (tertiary alicyclic amines) is 1. The van der Waals surface area contributed by atoms with E-state index in [1.165, 1.54) is 12.8 Å². The van der Waals surface area contributed by atoms with Gasteiger partial charge >= 0.3 is 0 Å². The Balaban J connectivity index is 1.30. The molecule has 3 aliphatic rings. The van der Waals surface area contributed by atoms with Gasteiger partial charge in [-0.2, -0.15) is 0 Å². The van der Waals surface area contributed by atoms with E-state index in [0.29, 0.717) is 5.91 Å². The van der Waals surface area contributed by atoms with Gasteiger partial charge in [-0.3, -0.25) is 4.79 Å². The van der Waals surface area contributed by atoms with E-state index in [2.05, 4.69) is 46.7 Å². The first-order valence-corrected chi connectivity index (χ1v) is 11.5. The molecule has 0 saturated carbocycles. The Hall–Kier alpha value is -1.82. The number of hydrogen-bond acceptors (Lipinski definition) is 5. The third-order valence-corrected chi connectivity index (χ3v) is 7.02. The largest absolute Gasteiger partial charge is 0.378 e.